The molecule has 0 bridgehead atoms. The third-order valence-electron chi connectivity index (χ3n) is 2.33. The first-order valence-corrected chi connectivity index (χ1v) is 8.46. The van der Waals surface area contributed by atoms with E-state index in [-0.39, 0.29) is 9.92 Å². The Morgan fingerprint density at radius 2 is 2.21 bits per heavy atom. The van der Waals surface area contributed by atoms with Crippen LogP contribution in [-0.2, 0) is 10.0 Å². The lowest BCUT2D eigenvalue weighted by atomic mass is 10.2. The molecule has 4 nitrogen and oxygen atoms in total. The number of anilines is 1. The highest BCUT2D eigenvalue weighted by Gasteiger charge is 2.18. The number of rotatable bonds is 6. The van der Waals surface area contributed by atoms with Crippen LogP contribution in [0.5, 0.6) is 0 Å². The molecule has 0 amide bonds. The fraction of sp³-hybridized carbons (Fsp3) is 0.333. The number of hydrogen-bond acceptors (Lipinski definition) is 4. The summed E-state index contributed by atoms with van der Waals surface area (Å²) in [7, 11) is -3.64. The fourth-order valence-electron chi connectivity index (χ4n) is 1.33. The van der Waals surface area contributed by atoms with Crippen LogP contribution in [0.3, 0.4) is 0 Å². The second-order valence-electron chi connectivity index (χ2n) is 3.79. The Labute approximate surface area is 123 Å². The number of aryl methyl sites for hydroxylation is 1. The molecule has 7 heteroatoms. The van der Waals surface area contributed by atoms with Crippen molar-refractivity contribution in [2.75, 3.05) is 23.8 Å². The van der Waals surface area contributed by atoms with Crippen molar-refractivity contribution in [3.05, 3.63) is 22.7 Å². The van der Waals surface area contributed by atoms with Gasteiger partial charge in [0.1, 0.15) is 4.90 Å². The van der Waals surface area contributed by atoms with Crippen LogP contribution in [0.15, 0.2) is 17.0 Å². The number of benzene rings is 1. The molecule has 0 heterocycles. The number of sulfonamides is 1. The minimum absolute atomic E-state index is 0.000725. The monoisotopic (exact) mass is 318 g/mol. The van der Waals surface area contributed by atoms with Gasteiger partial charge in [0.25, 0.3) is 0 Å². The number of nitrogens with two attached hydrogens (primary N) is 1. The summed E-state index contributed by atoms with van der Waals surface area (Å²) in [6.07, 6.45) is 5.10. The molecule has 0 atom stereocenters. The third-order valence-corrected chi connectivity index (χ3v) is 5.12. The van der Waals surface area contributed by atoms with E-state index in [1.165, 1.54) is 17.8 Å². The smallest absolute Gasteiger partial charge is 0.242 e. The molecule has 0 saturated carbocycles. The average Bonchev–Trinajstić information content (AvgIpc) is 2.33. The zero-order valence-corrected chi connectivity index (χ0v) is 12.8. The molecule has 1 rings (SSSR count). The Bertz CT molecular complexity index is 594. The van der Waals surface area contributed by atoms with Gasteiger partial charge in [0.05, 0.1) is 10.8 Å². The molecule has 0 aliphatic heterocycles. The Kier molecular flexibility index (Phi) is 6.01. The molecule has 1 aromatic rings. The van der Waals surface area contributed by atoms with Crippen molar-refractivity contribution < 1.29 is 8.42 Å². The van der Waals surface area contributed by atoms with Gasteiger partial charge >= 0.3 is 0 Å². The summed E-state index contributed by atoms with van der Waals surface area (Å²) in [5.41, 5.74) is 6.84. The van der Waals surface area contributed by atoms with E-state index in [1.807, 2.05) is 0 Å². The minimum atomic E-state index is -3.64. The molecule has 0 radical (unpaired) electrons. The molecule has 0 saturated heterocycles. The molecule has 1 aromatic carbocycles. The van der Waals surface area contributed by atoms with E-state index < -0.39 is 10.0 Å². The van der Waals surface area contributed by atoms with E-state index >= 15 is 0 Å². The van der Waals surface area contributed by atoms with Gasteiger partial charge in [-0.25, -0.2) is 13.1 Å². The van der Waals surface area contributed by atoms with Crippen LogP contribution < -0.4 is 10.5 Å². The maximum Gasteiger partial charge on any atom is 0.242 e. The molecule has 0 spiro atoms. The van der Waals surface area contributed by atoms with Crippen LogP contribution in [0, 0.1) is 19.3 Å². The molecule has 19 heavy (non-hydrogen) atoms. The van der Waals surface area contributed by atoms with E-state index in [9.17, 15) is 8.42 Å². The summed E-state index contributed by atoms with van der Waals surface area (Å²) in [6.45, 7) is 2.06. The van der Waals surface area contributed by atoms with Gasteiger partial charge in [-0.15, -0.1) is 18.2 Å². The lowest BCUT2D eigenvalue weighted by molar-refractivity contribution is 0.584. The van der Waals surface area contributed by atoms with Crippen LogP contribution in [-0.4, -0.2) is 26.5 Å². The quantitative estimate of drug-likeness (QED) is 0.477. The lowest BCUT2D eigenvalue weighted by Crippen LogP contribution is -2.26. The largest absolute Gasteiger partial charge is 0.398 e. The van der Waals surface area contributed by atoms with Crippen molar-refractivity contribution in [1.29, 1.82) is 0 Å². The first-order valence-electron chi connectivity index (χ1n) is 5.45. The molecule has 0 unspecified atom stereocenters. The number of nitrogens with one attached hydrogen (secondary N) is 1. The number of hydrogen-bond donors (Lipinski definition) is 2. The van der Waals surface area contributed by atoms with Crippen LogP contribution in [0.1, 0.15) is 5.56 Å². The van der Waals surface area contributed by atoms with Crippen molar-refractivity contribution in [3.63, 3.8) is 0 Å². The first-order chi connectivity index (χ1) is 8.88. The molecule has 0 aliphatic rings. The zero-order chi connectivity index (χ0) is 14.5. The maximum atomic E-state index is 12.0. The van der Waals surface area contributed by atoms with E-state index in [4.69, 9.17) is 23.8 Å². The summed E-state index contributed by atoms with van der Waals surface area (Å²) >= 11 is 7.42. The van der Waals surface area contributed by atoms with Crippen molar-refractivity contribution in [2.24, 2.45) is 0 Å². The summed E-state index contributed by atoms with van der Waals surface area (Å²) in [4.78, 5) is -0.000725. The van der Waals surface area contributed by atoms with Crippen molar-refractivity contribution in [1.82, 2.24) is 4.72 Å². The van der Waals surface area contributed by atoms with Gasteiger partial charge in [-0.3, -0.25) is 0 Å². The van der Waals surface area contributed by atoms with Crippen LogP contribution >= 0.6 is 23.4 Å². The summed E-state index contributed by atoms with van der Waals surface area (Å²) in [5.74, 6) is 3.62. The number of thioether (sulfide) groups is 1. The highest BCUT2D eigenvalue weighted by molar-refractivity contribution is 7.99. The van der Waals surface area contributed by atoms with Gasteiger partial charge in [0, 0.05) is 18.0 Å². The fourth-order valence-corrected chi connectivity index (χ4v) is 3.62. The summed E-state index contributed by atoms with van der Waals surface area (Å²) < 4.78 is 26.6. The van der Waals surface area contributed by atoms with E-state index in [0.29, 0.717) is 23.7 Å². The van der Waals surface area contributed by atoms with Gasteiger partial charge in [0.15, 0.2) is 0 Å². The number of terminal acetylenes is 1. The van der Waals surface area contributed by atoms with E-state index in [2.05, 4.69) is 10.6 Å². The predicted molar refractivity (Wildman–Crippen MR) is 81.9 cm³/mol. The van der Waals surface area contributed by atoms with Gasteiger partial charge in [0.2, 0.25) is 10.0 Å². The molecule has 104 valence electrons. The Hall–Kier alpha value is -0.870. The predicted octanol–water partition coefficient (Wildman–Crippen LogP) is 1.88. The van der Waals surface area contributed by atoms with Crippen LogP contribution in [0.2, 0.25) is 5.02 Å². The minimum Gasteiger partial charge on any atom is -0.398 e. The van der Waals surface area contributed by atoms with Crippen molar-refractivity contribution >= 4 is 39.1 Å². The normalized spacial score (nSPS) is 11.2. The summed E-state index contributed by atoms with van der Waals surface area (Å²) in [5, 5.41) is 0.162. The number of halogens is 1. The van der Waals surface area contributed by atoms with Gasteiger partial charge in [-0.1, -0.05) is 17.5 Å². The molecule has 3 N–H and O–H groups in total. The second kappa shape index (κ2) is 7.06. The third kappa shape index (κ3) is 4.62. The molecule has 0 aromatic heterocycles. The Morgan fingerprint density at radius 3 is 2.84 bits per heavy atom. The molecule has 0 fully saturated rings. The molecular formula is C12H15ClN2O2S2. The van der Waals surface area contributed by atoms with Gasteiger partial charge in [-0.2, -0.15) is 0 Å². The van der Waals surface area contributed by atoms with Crippen LogP contribution in [0.25, 0.3) is 0 Å². The first kappa shape index (κ1) is 16.2. The summed E-state index contributed by atoms with van der Waals surface area (Å²) in [6, 6.07) is 2.91. The van der Waals surface area contributed by atoms with Gasteiger partial charge < -0.3 is 5.73 Å². The van der Waals surface area contributed by atoms with E-state index in [1.54, 1.807) is 13.0 Å². The lowest BCUT2D eigenvalue weighted by Gasteiger charge is -2.10. The molecular weight excluding hydrogens is 304 g/mol. The SMILES string of the molecule is C#CCSCCNS(=O)(=O)c1cc(N)c(C)cc1Cl. The average molecular weight is 319 g/mol. The maximum absolute atomic E-state index is 12.0. The highest BCUT2D eigenvalue weighted by atomic mass is 35.5. The second-order valence-corrected chi connectivity index (χ2v) is 7.04. The Morgan fingerprint density at radius 1 is 1.53 bits per heavy atom. The number of nitrogen functional groups attached to an aromatic ring is 1. The highest BCUT2D eigenvalue weighted by Crippen LogP contribution is 2.26. The topological polar surface area (TPSA) is 72.2 Å². The van der Waals surface area contributed by atoms with Crippen LogP contribution in [0.4, 0.5) is 5.69 Å². The van der Waals surface area contributed by atoms with Crippen molar-refractivity contribution in [2.45, 2.75) is 11.8 Å². The standard InChI is InChI=1S/C12H15ClN2O2S2/c1-3-5-18-6-4-15-19(16,17)12-8-11(14)9(2)7-10(12)13/h1,7-8,15H,4-6,14H2,2H3. The van der Waals surface area contributed by atoms with Crippen molar-refractivity contribution in [3.8, 4) is 12.3 Å². The Balaban J connectivity index is 2.78. The molecule has 0 aliphatic carbocycles. The zero-order valence-electron chi connectivity index (χ0n) is 10.4. The van der Waals surface area contributed by atoms with E-state index in [0.717, 1.165) is 5.56 Å². The van der Waals surface area contributed by atoms with Gasteiger partial charge in [-0.05, 0) is 24.6 Å².